The van der Waals surface area contributed by atoms with E-state index in [9.17, 15) is 76.7 Å². The van der Waals surface area contributed by atoms with Crippen LogP contribution < -0.4 is 5.32 Å². The van der Waals surface area contributed by atoms with Crippen LogP contribution in [0.3, 0.4) is 0 Å². The second kappa shape index (κ2) is 54.1. The number of ether oxygens (including phenoxy) is 16. The van der Waals surface area contributed by atoms with E-state index >= 15 is 0 Å². The molecule has 0 saturated carbocycles. The Morgan fingerprint density at radius 3 is 0.771 bits per heavy atom. The first-order chi connectivity index (χ1) is 51.8. The Balaban J connectivity index is 0.00000214. The zero-order valence-corrected chi connectivity index (χ0v) is 60.9. The predicted molar refractivity (Wildman–Crippen MR) is 382 cm³/mol. The Hall–Kier alpha value is -12.6. The highest BCUT2D eigenvalue weighted by molar-refractivity contribution is 5.86. The summed E-state index contributed by atoms with van der Waals surface area (Å²) in [5.74, 6) is -12.1. The van der Waals surface area contributed by atoms with Crippen molar-refractivity contribution in [3.05, 3.63) is 187 Å². The summed E-state index contributed by atoms with van der Waals surface area (Å²) < 4.78 is 83.0. The van der Waals surface area contributed by atoms with Crippen molar-refractivity contribution in [3.63, 3.8) is 0 Å². The van der Waals surface area contributed by atoms with Gasteiger partial charge >= 0.3 is 95.6 Å². The number of carbonyl (C=O) groups is 16. The largest absolute Gasteiger partial charge is 0.465 e. The molecule has 0 unspecified atom stereocenters. The van der Waals surface area contributed by atoms with Crippen LogP contribution >= 0.6 is 0 Å². The van der Waals surface area contributed by atoms with Crippen LogP contribution in [0, 0.1) is 28.6 Å². The number of benzene rings is 1. The Morgan fingerprint density at radius 1 is 0.284 bits per heavy atom. The van der Waals surface area contributed by atoms with Gasteiger partial charge in [-0.1, -0.05) is 116 Å². The van der Waals surface area contributed by atoms with Crippen LogP contribution in [0.4, 0.5) is 4.79 Å². The van der Waals surface area contributed by atoms with Gasteiger partial charge in [0.2, 0.25) is 0 Å². The van der Waals surface area contributed by atoms with Crippen LogP contribution in [0.1, 0.15) is 55.2 Å². The summed E-state index contributed by atoms with van der Waals surface area (Å²) in [6.07, 6.45) is 12.3. The lowest BCUT2D eigenvalue weighted by atomic mass is 9.92. The topological polar surface area (TPSA) is 433 Å². The Morgan fingerprint density at radius 2 is 0.505 bits per heavy atom. The van der Waals surface area contributed by atoms with Crippen LogP contribution in [-0.2, 0) is 161 Å². The molecule has 33 nitrogen and oxygen atoms in total. The van der Waals surface area contributed by atoms with E-state index in [-0.39, 0.29) is 25.8 Å². The molecule has 0 aliphatic carbocycles. The molecule has 0 atom stereocenters. The summed E-state index contributed by atoms with van der Waals surface area (Å²) in [6.45, 7) is 33.9. The van der Waals surface area contributed by atoms with Crippen molar-refractivity contribution < 1.29 is 153 Å². The summed E-state index contributed by atoms with van der Waals surface area (Å²) in [5.41, 5.74) is -4.47. The summed E-state index contributed by atoms with van der Waals surface area (Å²) >= 11 is 0. The van der Waals surface area contributed by atoms with Gasteiger partial charge in [0.1, 0.15) is 127 Å². The molecular weight excluding hydrogens is 1440 g/mol. The SMILES string of the molecule is C=CC(=O)OCC(COC(=O)C=C)(COC(=O)C=C)COC(=O)CCCCCCCNC(=O)OCC(COC(=O)C=C)(COC(=O)C=C)COC(=O)C=C.C=CC(=O)OCC(COC(=O)C=C)(COC(=O)C=C)COC(=O)Cc1ccc(C)c(CC(=O)OCC(COC(=O)C=C)(COC(=O)C=C)COC(=O)C=C)c1. The van der Waals surface area contributed by atoms with E-state index in [1.165, 1.54) is 0 Å². The number of hydrogen-bond donors (Lipinski definition) is 1. The molecule has 1 aromatic carbocycles. The van der Waals surface area contributed by atoms with Crippen LogP contribution in [0.5, 0.6) is 0 Å². The molecule has 0 aliphatic heterocycles. The summed E-state index contributed by atoms with van der Waals surface area (Å²) in [7, 11) is 0. The summed E-state index contributed by atoms with van der Waals surface area (Å²) in [5, 5.41) is 2.57. The third-order valence-electron chi connectivity index (χ3n) is 14.3. The molecule has 1 rings (SSSR count). The lowest BCUT2D eigenvalue weighted by molar-refractivity contribution is -0.169. The first-order valence-corrected chi connectivity index (χ1v) is 32.8. The van der Waals surface area contributed by atoms with Crippen LogP contribution in [0.25, 0.3) is 0 Å². The molecule has 594 valence electrons. The monoisotopic (exact) mass is 1530 g/mol. The maximum absolute atomic E-state index is 13.1. The fourth-order valence-electron chi connectivity index (χ4n) is 8.00. The number of alkyl carbamates (subject to hydrolysis) is 1. The molecule has 0 aromatic heterocycles. The average Bonchev–Trinajstić information content (AvgIpc) is 0.838. The molecular formula is C76H93NO32. The highest BCUT2D eigenvalue weighted by atomic mass is 16.6. The van der Waals surface area contributed by atoms with E-state index in [2.05, 4.69) is 84.3 Å². The van der Waals surface area contributed by atoms with Gasteiger partial charge in [0.25, 0.3) is 0 Å². The minimum atomic E-state index is -1.54. The van der Waals surface area contributed by atoms with Gasteiger partial charge in [0.05, 0.1) is 12.8 Å². The van der Waals surface area contributed by atoms with Crippen molar-refractivity contribution in [2.75, 3.05) is 112 Å². The van der Waals surface area contributed by atoms with Gasteiger partial charge in [-0.05, 0) is 36.5 Å². The Labute approximate surface area is 630 Å². The van der Waals surface area contributed by atoms with Crippen LogP contribution in [0.2, 0.25) is 0 Å². The number of carbonyl (C=O) groups excluding carboxylic acids is 16. The third kappa shape index (κ3) is 42.8. The molecule has 0 bridgehead atoms. The lowest BCUT2D eigenvalue weighted by Gasteiger charge is -2.31. The van der Waals surface area contributed by atoms with E-state index in [1.54, 1.807) is 25.1 Å². The smallest absolute Gasteiger partial charge is 0.407 e. The van der Waals surface area contributed by atoms with Crippen molar-refractivity contribution >= 4 is 95.6 Å². The van der Waals surface area contributed by atoms with Gasteiger partial charge in [-0.25, -0.2) is 62.3 Å². The van der Waals surface area contributed by atoms with E-state index in [1.807, 2.05) is 0 Å². The lowest BCUT2D eigenvalue weighted by Crippen LogP contribution is -2.44. The van der Waals surface area contributed by atoms with Gasteiger partial charge in [-0.3, -0.25) is 14.4 Å². The molecule has 109 heavy (non-hydrogen) atoms. The fraction of sp³-hybridized carbons (Fsp3) is 0.395. The quantitative estimate of drug-likeness (QED) is 0.0366. The van der Waals surface area contributed by atoms with Crippen molar-refractivity contribution in [2.24, 2.45) is 21.7 Å². The zero-order chi connectivity index (χ0) is 82.3. The average molecular weight is 1530 g/mol. The molecule has 0 saturated heterocycles. The first kappa shape index (κ1) is 96.4. The number of unbranched alkanes of at least 4 members (excludes halogenated alkanes) is 4. The fourth-order valence-corrected chi connectivity index (χ4v) is 8.00. The summed E-state index contributed by atoms with van der Waals surface area (Å²) in [4.78, 5) is 193. The van der Waals surface area contributed by atoms with E-state index in [0.29, 0.717) is 48.8 Å². The highest BCUT2D eigenvalue weighted by Gasteiger charge is 2.41. The number of aryl methyl sites for hydroxylation is 1. The van der Waals surface area contributed by atoms with E-state index in [4.69, 9.17) is 75.8 Å². The van der Waals surface area contributed by atoms with Gasteiger partial charge < -0.3 is 81.1 Å². The Kier molecular flexibility index (Phi) is 47.8. The zero-order valence-electron chi connectivity index (χ0n) is 60.9. The van der Waals surface area contributed by atoms with Crippen LogP contribution in [0.15, 0.2) is 170 Å². The predicted octanol–water partition coefficient (Wildman–Crippen LogP) is 5.46. The molecule has 0 spiro atoms. The van der Waals surface area contributed by atoms with Crippen LogP contribution in [-0.4, -0.2) is 208 Å². The number of esters is 15. The minimum Gasteiger partial charge on any atom is -0.465 e. The van der Waals surface area contributed by atoms with Crippen molar-refractivity contribution in [2.45, 2.75) is 58.3 Å². The van der Waals surface area contributed by atoms with Crippen molar-refractivity contribution in [1.29, 1.82) is 0 Å². The molecule has 0 fully saturated rings. The van der Waals surface area contributed by atoms with E-state index in [0.717, 1.165) is 72.9 Å². The van der Waals surface area contributed by atoms with Crippen molar-refractivity contribution in [1.82, 2.24) is 5.32 Å². The number of rotatable bonds is 56. The minimum absolute atomic E-state index is 0.0279. The van der Waals surface area contributed by atoms with Crippen molar-refractivity contribution in [3.8, 4) is 0 Å². The second-order valence-corrected chi connectivity index (χ2v) is 23.4. The molecule has 0 aliphatic rings. The maximum atomic E-state index is 13.1. The number of amides is 1. The molecule has 1 N–H and O–H groups in total. The standard InChI is InChI=1S/C39H44O16.C37H49NO16/c1-8-30(40)48-19-38(20-49-31(41)9-2,21-50-32(42)10-3)25-54-36(46)17-28-15-14-27(7)29(16-28)18-37(47)55-26-39(22-51-33(43)11-4,23-52-34(44)12-5)24-53-35(45)13-6;1-7-28(39)47-20-36(21-48-29(40)8-2,22-49-30(41)9-3)26-53-34(45)18-16-14-13-15-17-19-38-35(46)54-27-37(23-50-31(42)10-4,24-51-32(43)11-5)25-52-33(44)12-6/h8-16H,1-6,17-26H2,7H3;7-12H,1-6,13-27H2,(H,38,46). The molecule has 1 amide bonds. The maximum Gasteiger partial charge on any atom is 0.407 e. The van der Waals surface area contributed by atoms with Gasteiger partial charge in [-0.2, -0.15) is 0 Å². The molecule has 1 aromatic rings. The molecule has 0 radical (unpaired) electrons. The molecule has 0 heterocycles. The summed E-state index contributed by atoms with van der Waals surface area (Å²) in [6, 6.07) is 4.82. The number of nitrogens with one attached hydrogen (secondary N) is 1. The normalized spacial score (nSPS) is 10.5. The highest BCUT2D eigenvalue weighted by Crippen LogP contribution is 2.27. The van der Waals surface area contributed by atoms with Gasteiger partial charge in [0.15, 0.2) is 0 Å². The van der Waals surface area contributed by atoms with Gasteiger partial charge in [-0.15, -0.1) is 0 Å². The first-order valence-electron chi connectivity index (χ1n) is 32.8. The second-order valence-electron chi connectivity index (χ2n) is 23.4. The Bertz CT molecular complexity index is 3120. The number of hydrogen-bond acceptors (Lipinski definition) is 32. The molecule has 33 heteroatoms. The van der Waals surface area contributed by atoms with Gasteiger partial charge in [0, 0.05) is 85.9 Å². The third-order valence-corrected chi connectivity index (χ3v) is 14.3. The van der Waals surface area contributed by atoms with E-state index < -0.39 is 223 Å².